The zero-order valence-corrected chi connectivity index (χ0v) is 11.4. The third-order valence-corrected chi connectivity index (χ3v) is 3.48. The highest BCUT2D eigenvalue weighted by Gasteiger charge is 2.36. The zero-order valence-electron chi connectivity index (χ0n) is 10.6. The molecule has 0 spiro atoms. The van der Waals surface area contributed by atoms with Crippen LogP contribution in [0, 0.1) is 10.1 Å². The van der Waals surface area contributed by atoms with Gasteiger partial charge in [-0.3, -0.25) is 14.9 Å². The van der Waals surface area contributed by atoms with Crippen LogP contribution < -0.4 is 11.1 Å². The first-order valence-corrected chi connectivity index (χ1v) is 6.42. The van der Waals surface area contributed by atoms with Crippen LogP contribution in [-0.4, -0.2) is 29.6 Å². The summed E-state index contributed by atoms with van der Waals surface area (Å²) >= 11 is 5.80. The third-order valence-electron chi connectivity index (χ3n) is 3.24. The van der Waals surface area contributed by atoms with Crippen LogP contribution in [0.3, 0.4) is 0 Å². The van der Waals surface area contributed by atoms with E-state index in [4.69, 9.17) is 22.1 Å². The Morgan fingerprint density at radius 2 is 2.10 bits per heavy atom. The largest absolute Gasteiger partial charge is 0.381 e. The molecule has 2 rings (SSSR count). The smallest absolute Gasteiger partial charge is 0.292 e. The number of nitrogens with zero attached hydrogens (tertiary/aromatic N) is 1. The number of hydrogen-bond acceptors (Lipinski definition) is 5. The monoisotopic (exact) mass is 299 g/mol. The quantitative estimate of drug-likeness (QED) is 0.652. The van der Waals surface area contributed by atoms with Crippen LogP contribution >= 0.6 is 11.6 Å². The molecule has 8 heteroatoms. The lowest BCUT2D eigenvalue weighted by atomic mass is 9.90. The number of anilines is 1. The molecule has 1 amide bonds. The topological polar surface area (TPSA) is 107 Å². The fourth-order valence-corrected chi connectivity index (χ4v) is 2.15. The van der Waals surface area contributed by atoms with Crippen molar-refractivity contribution in [2.24, 2.45) is 5.73 Å². The number of carbonyl (C=O) groups is 1. The van der Waals surface area contributed by atoms with Gasteiger partial charge in [-0.05, 0) is 25.0 Å². The minimum Gasteiger partial charge on any atom is -0.381 e. The first kappa shape index (κ1) is 14.7. The van der Waals surface area contributed by atoms with E-state index in [1.807, 2.05) is 0 Å². The second-order valence-electron chi connectivity index (χ2n) is 4.64. The van der Waals surface area contributed by atoms with Crippen molar-refractivity contribution >= 4 is 28.9 Å². The number of halogens is 1. The van der Waals surface area contributed by atoms with Crippen molar-refractivity contribution in [3.63, 3.8) is 0 Å². The lowest BCUT2D eigenvalue weighted by Crippen LogP contribution is -2.54. The standard InChI is InChI=1S/C12H14ClN3O4/c13-8-1-2-10(16(18)19)9(7-8)15-11(17)12(14)3-5-20-6-4-12/h1-2,7H,3-6,14H2,(H,15,17). The van der Waals surface area contributed by atoms with Crippen molar-refractivity contribution in [1.29, 1.82) is 0 Å². The van der Waals surface area contributed by atoms with Crippen molar-refractivity contribution < 1.29 is 14.5 Å². The molecule has 0 atom stereocenters. The number of rotatable bonds is 3. The summed E-state index contributed by atoms with van der Waals surface area (Å²) in [6.45, 7) is 0.781. The molecule has 20 heavy (non-hydrogen) atoms. The van der Waals surface area contributed by atoms with Gasteiger partial charge in [-0.15, -0.1) is 0 Å². The van der Waals surface area contributed by atoms with Crippen molar-refractivity contribution in [1.82, 2.24) is 0 Å². The molecular formula is C12H14ClN3O4. The molecular weight excluding hydrogens is 286 g/mol. The molecule has 0 aromatic heterocycles. The van der Waals surface area contributed by atoms with E-state index in [0.29, 0.717) is 31.1 Å². The van der Waals surface area contributed by atoms with E-state index >= 15 is 0 Å². The van der Waals surface area contributed by atoms with E-state index in [1.54, 1.807) is 0 Å². The van der Waals surface area contributed by atoms with Crippen LogP contribution in [0.5, 0.6) is 0 Å². The molecule has 1 aliphatic heterocycles. The summed E-state index contributed by atoms with van der Waals surface area (Å²) in [6.07, 6.45) is 0.737. The Morgan fingerprint density at radius 1 is 1.45 bits per heavy atom. The van der Waals surface area contributed by atoms with Gasteiger partial charge in [-0.25, -0.2) is 0 Å². The van der Waals surface area contributed by atoms with E-state index in [2.05, 4.69) is 5.32 Å². The zero-order chi connectivity index (χ0) is 14.8. The number of nitro benzene ring substituents is 1. The predicted octanol–water partition coefficient (Wildman–Crippen LogP) is 1.69. The van der Waals surface area contributed by atoms with Gasteiger partial charge in [-0.1, -0.05) is 11.6 Å². The number of ether oxygens (including phenoxy) is 1. The normalized spacial score (nSPS) is 17.5. The van der Waals surface area contributed by atoms with Gasteiger partial charge in [0.25, 0.3) is 5.69 Å². The molecule has 1 saturated heterocycles. The maximum atomic E-state index is 12.2. The Hall–Kier alpha value is -1.70. The molecule has 1 heterocycles. The van der Waals surface area contributed by atoms with Gasteiger partial charge in [0.1, 0.15) is 11.2 Å². The molecule has 1 aliphatic rings. The number of hydrogen-bond donors (Lipinski definition) is 2. The Kier molecular flexibility index (Phi) is 4.22. The van der Waals surface area contributed by atoms with E-state index in [1.165, 1.54) is 18.2 Å². The lowest BCUT2D eigenvalue weighted by molar-refractivity contribution is -0.383. The van der Waals surface area contributed by atoms with Crippen LogP contribution in [0.4, 0.5) is 11.4 Å². The van der Waals surface area contributed by atoms with Crippen molar-refractivity contribution in [2.75, 3.05) is 18.5 Å². The number of carbonyl (C=O) groups excluding carboxylic acids is 1. The van der Waals surface area contributed by atoms with Crippen LogP contribution in [0.15, 0.2) is 18.2 Å². The van der Waals surface area contributed by atoms with Crippen LogP contribution in [-0.2, 0) is 9.53 Å². The SMILES string of the molecule is NC1(C(=O)Nc2cc(Cl)ccc2[N+](=O)[O-])CCOCC1. The Morgan fingerprint density at radius 3 is 2.70 bits per heavy atom. The van der Waals surface area contributed by atoms with Gasteiger partial charge in [0.05, 0.1) is 4.92 Å². The number of nitro groups is 1. The molecule has 1 aromatic carbocycles. The molecule has 1 aromatic rings. The average Bonchev–Trinajstić information content (AvgIpc) is 2.39. The summed E-state index contributed by atoms with van der Waals surface area (Å²) in [7, 11) is 0. The molecule has 108 valence electrons. The fraction of sp³-hybridized carbons (Fsp3) is 0.417. The fourth-order valence-electron chi connectivity index (χ4n) is 1.98. The summed E-state index contributed by atoms with van der Waals surface area (Å²) in [4.78, 5) is 22.6. The molecule has 0 unspecified atom stereocenters. The van der Waals surface area contributed by atoms with Crippen molar-refractivity contribution in [3.8, 4) is 0 Å². The van der Waals surface area contributed by atoms with E-state index < -0.39 is 16.4 Å². The van der Waals surface area contributed by atoms with Gasteiger partial charge in [-0.2, -0.15) is 0 Å². The van der Waals surface area contributed by atoms with Gasteiger partial charge in [0.2, 0.25) is 5.91 Å². The maximum absolute atomic E-state index is 12.2. The number of amides is 1. The van der Waals surface area contributed by atoms with Crippen LogP contribution in [0.1, 0.15) is 12.8 Å². The minimum atomic E-state index is -1.07. The predicted molar refractivity (Wildman–Crippen MR) is 73.7 cm³/mol. The number of benzene rings is 1. The van der Waals surface area contributed by atoms with Crippen molar-refractivity contribution in [3.05, 3.63) is 33.3 Å². The highest BCUT2D eigenvalue weighted by Crippen LogP contribution is 2.29. The highest BCUT2D eigenvalue weighted by molar-refractivity contribution is 6.31. The summed E-state index contributed by atoms with van der Waals surface area (Å²) in [5.74, 6) is -0.467. The average molecular weight is 300 g/mol. The second-order valence-corrected chi connectivity index (χ2v) is 5.08. The molecule has 0 radical (unpaired) electrons. The molecule has 0 saturated carbocycles. The molecule has 3 N–H and O–H groups in total. The summed E-state index contributed by atoms with van der Waals surface area (Å²) in [5.41, 5.74) is 4.77. The lowest BCUT2D eigenvalue weighted by Gasteiger charge is -2.31. The number of nitrogens with two attached hydrogens (primary N) is 1. The Labute approximate surface area is 120 Å². The van der Waals surface area contributed by atoms with Gasteiger partial charge >= 0.3 is 0 Å². The molecule has 7 nitrogen and oxygen atoms in total. The van der Waals surface area contributed by atoms with Gasteiger partial charge < -0.3 is 15.8 Å². The minimum absolute atomic E-state index is 0.0452. The van der Waals surface area contributed by atoms with E-state index in [0.717, 1.165) is 0 Å². The summed E-state index contributed by atoms with van der Waals surface area (Å²) < 4.78 is 5.16. The molecule has 0 aliphatic carbocycles. The van der Waals surface area contributed by atoms with E-state index in [-0.39, 0.29) is 11.4 Å². The summed E-state index contributed by atoms with van der Waals surface area (Å²) in [5, 5.41) is 13.7. The third kappa shape index (κ3) is 3.06. The first-order valence-electron chi connectivity index (χ1n) is 6.04. The Bertz CT molecular complexity index is 544. The first-order chi connectivity index (χ1) is 9.42. The van der Waals surface area contributed by atoms with Gasteiger partial charge in [0, 0.05) is 24.3 Å². The Balaban J connectivity index is 2.23. The number of nitrogens with one attached hydrogen (secondary N) is 1. The van der Waals surface area contributed by atoms with Crippen LogP contribution in [0.2, 0.25) is 5.02 Å². The van der Waals surface area contributed by atoms with E-state index in [9.17, 15) is 14.9 Å². The summed E-state index contributed by atoms with van der Waals surface area (Å²) in [6, 6.07) is 3.97. The van der Waals surface area contributed by atoms with Crippen molar-refractivity contribution in [2.45, 2.75) is 18.4 Å². The molecule has 1 fully saturated rings. The van der Waals surface area contributed by atoms with Gasteiger partial charge in [0.15, 0.2) is 0 Å². The van der Waals surface area contributed by atoms with Crippen LogP contribution in [0.25, 0.3) is 0 Å². The maximum Gasteiger partial charge on any atom is 0.292 e. The second kappa shape index (κ2) is 5.74. The highest BCUT2D eigenvalue weighted by atomic mass is 35.5. The molecule has 0 bridgehead atoms.